The van der Waals surface area contributed by atoms with E-state index in [2.05, 4.69) is 86.0 Å². The van der Waals surface area contributed by atoms with Gasteiger partial charge in [0, 0.05) is 35.6 Å². The first-order valence-electron chi connectivity index (χ1n) is 13.5. The summed E-state index contributed by atoms with van der Waals surface area (Å²) in [7, 11) is 3.39. The zero-order chi connectivity index (χ0) is 26.8. The molecule has 38 heavy (non-hydrogen) atoms. The molecule has 6 nitrogen and oxygen atoms in total. The number of rotatable bonds is 8. The maximum absolute atomic E-state index is 5.39. The summed E-state index contributed by atoms with van der Waals surface area (Å²) in [5.74, 6) is 4.62. The average molecular weight is 511 g/mol. The fraction of sp³-hybridized carbons (Fsp3) is 0.375. The lowest BCUT2D eigenvalue weighted by atomic mass is 10.1. The van der Waals surface area contributed by atoms with E-state index in [1.165, 1.54) is 0 Å². The second-order valence-corrected chi connectivity index (χ2v) is 10.7. The molecule has 0 fully saturated rings. The minimum Gasteiger partial charge on any atom is -0.497 e. The molecule has 0 saturated heterocycles. The van der Waals surface area contributed by atoms with E-state index < -0.39 is 0 Å². The van der Waals surface area contributed by atoms with Crippen LogP contribution in [0.25, 0.3) is 0 Å². The van der Waals surface area contributed by atoms with Gasteiger partial charge in [-0.1, -0.05) is 45.9 Å². The van der Waals surface area contributed by atoms with Gasteiger partial charge in [-0.15, -0.1) is 0 Å². The lowest BCUT2D eigenvalue weighted by molar-refractivity contribution is 0.414. The first-order valence-corrected chi connectivity index (χ1v) is 13.5. The molecule has 2 aliphatic heterocycles. The van der Waals surface area contributed by atoms with Crippen LogP contribution in [0.5, 0.6) is 11.5 Å². The third kappa shape index (κ3) is 5.13. The Morgan fingerprint density at radius 1 is 0.632 bits per heavy atom. The molecule has 198 valence electrons. The summed E-state index contributed by atoms with van der Waals surface area (Å²) in [5.41, 5.74) is 4.45. The lowest BCUT2D eigenvalue weighted by Crippen LogP contribution is -2.32. The van der Waals surface area contributed by atoms with Crippen LogP contribution < -0.4 is 19.3 Å². The van der Waals surface area contributed by atoms with E-state index >= 15 is 0 Å². The van der Waals surface area contributed by atoms with Gasteiger partial charge >= 0.3 is 0 Å². The normalized spacial score (nSPS) is 19.3. The van der Waals surface area contributed by atoms with Crippen molar-refractivity contribution >= 4 is 23.0 Å². The minimum absolute atomic E-state index is 0.237. The van der Waals surface area contributed by atoms with Gasteiger partial charge in [-0.3, -0.25) is 9.98 Å². The molecular weight excluding hydrogens is 472 g/mol. The number of benzene rings is 3. The van der Waals surface area contributed by atoms with Crippen molar-refractivity contribution in [3.05, 3.63) is 83.9 Å². The summed E-state index contributed by atoms with van der Waals surface area (Å²) in [4.78, 5) is 15.1. The quantitative estimate of drug-likeness (QED) is 0.358. The summed E-state index contributed by atoms with van der Waals surface area (Å²) in [5, 5.41) is 0. The summed E-state index contributed by atoms with van der Waals surface area (Å²) in [6.45, 7) is 10.7. The topological polar surface area (TPSA) is 49.7 Å². The Balaban J connectivity index is 1.52. The van der Waals surface area contributed by atoms with E-state index in [1.54, 1.807) is 14.2 Å². The van der Waals surface area contributed by atoms with Crippen molar-refractivity contribution in [3.63, 3.8) is 0 Å². The summed E-state index contributed by atoms with van der Waals surface area (Å²) >= 11 is 0. The zero-order valence-electron chi connectivity index (χ0n) is 23.3. The Kier molecular flexibility index (Phi) is 7.41. The van der Waals surface area contributed by atoms with Gasteiger partial charge in [0.2, 0.25) is 0 Å². The predicted molar refractivity (Wildman–Crippen MR) is 157 cm³/mol. The maximum Gasteiger partial charge on any atom is 0.135 e. The molecule has 5 rings (SSSR count). The van der Waals surface area contributed by atoms with Crippen molar-refractivity contribution in [2.24, 2.45) is 21.8 Å². The highest BCUT2D eigenvalue weighted by molar-refractivity contribution is 6.15. The van der Waals surface area contributed by atoms with Gasteiger partial charge in [0.15, 0.2) is 0 Å². The van der Waals surface area contributed by atoms with Crippen LogP contribution in [-0.4, -0.2) is 51.1 Å². The van der Waals surface area contributed by atoms with Crippen LogP contribution in [0, 0.1) is 11.8 Å². The molecule has 2 aliphatic rings. The fourth-order valence-corrected chi connectivity index (χ4v) is 5.04. The second-order valence-electron chi connectivity index (χ2n) is 10.7. The molecular formula is C32H38N4O2. The molecule has 3 aromatic rings. The van der Waals surface area contributed by atoms with E-state index in [-0.39, 0.29) is 12.1 Å². The number of anilines is 2. The van der Waals surface area contributed by atoms with E-state index in [0.717, 1.165) is 58.8 Å². The van der Waals surface area contributed by atoms with Crippen LogP contribution in [0.2, 0.25) is 0 Å². The van der Waals surface area contributed by atoms with Gasteiger partial charge in [-0.2, -0.15) is 0 Å². The average Bonchev–Trinajstić information content (AvgIpc) is 3.59. The number of aliphatic imine (C=N–C) groups is 2. The molecule has 2 atom stereocenters. The Bertz CT molecular complexity index is 1210. The fourth-order valence-electron chi connectivity index (χ4n) is 5.04. The van der Waals surface area contributed by atoms with Gasteiger partial charge in [-0.05, 0) is 66.4 Å². The van der Waals surface area contributed by atoms with E-state index in [1.807, 2.05) is 24.3 Å². The van der Waals surface area contributed by atoms with Gasteiger partial charge in [0.1, 0.15) is 23.2 Å². The molecule has 0 aliphatic carbocycles. The molecule has 0 radical (unpaired) electrons. The van der Waals surface area contributed by atoms with Crippen molar-refractivity contribution in [2.45, 2.75) is 39.8 Å². The number of amidine groups is 2. The van der Waals surface area contributed by atoms with Gasteiger partial charge in [0.25, 0.3) is 0 Å². The number of nitrogens with zero attached hydrogens (tertiary/aromatic N) is 4. The summed E-state index contributed by atoms with van der Waals surface area (Å²) in [6.07, 6.45) is 0. The monoisotopic (exact) mass is 510 g/mol. The molecule has 0 bridgehead atoms. The van der Waals surface area contributed by atoms with Crippen molar-refractivity contribution < 1.29 is 9.47 Å². The smallest absolute Gasteiger partial charge is 0.135 e. The highest BCUT2D eigenvalue weighted by Crippen LogP contribution is 2.31. The first kappa shape index (κ1) is 25.8. The molecule has 0 spiro atoms. The molecule has 0 amide bonds. The predicted octanol–water partition coefficient (Wildman–Crippen LogP) is 6.29. The van der Waals surface area contributed by atoms with Crippen molar-refractivity contribution in [1.82, 2.24) is 0 Å². The first-order chi connectivity index (χ1) is 18.4. The molecule has 6 heteroatoms. The van der Waals surface area contributed by atoms with Crippen LogP contribution in [0.3, 0.4) is 0 Å². The van der Waals surface area contributed by atoms with E-state index in [4.69, 9.17) is 19.5 Å². The Morgan fingerprint density at radius 3 is 1.37 bits per heavy atom. The molecule has 0 unspecified atom stereocenters. The lowest BCUT2D eigenvalue weighted by Gasteiger charge is -2.24. The SMILES string of the molecule is COc1ccc(N2C[C@H](C(C)C)N=C2c2cccc(C3=N[C@@H](C(C)C)CN3c3ccc(OC)cc3)c2)cc1. The number of methoxy groups -OCH3 is 2. The second kappa shape index (κ2) is 10.9. The van der Waals surface area contributed by atoms with Gasteiger partial charge in [0.05, 0.1) is 26.3 Å². The molecule has 0 N–H and O–H groups in total. The van der Waals surface area contributed by atoms with Crippen molar-refractivity contribution in [1.29, 1.82) is 0 Å². The van der Waals surface area contributed by atoms with Crippen LogP contribution in [0.1, 0.15) is 38.8 Å². The Hall–Kier alpha value is -3.80. The number of ether oxygens (including phenoxy) is 2. The number of hydrogen-bond donors (Lipinski definition) is 0. The summed E-state index contributed by atoms with van der Waals surface area (Å²) in [6, 6.07) is 25.7. The standard InChI is InChI=1S/C32H38N4O2/c1-21(2)29-19-35(25-10-14-27(37-5)15-11-25)31(33-29)23-8-7-9-24(18-23)32-34-30(22(3)4)20-36(32)26-12-16-28(38-6)17-13-26/h7-18,21-22,29-30H,19-20H2,1-6H3/t29-,30-/m1/s1. The van der Waals surface area contributed by atoms with E-state index in [9.17, 15) is 0 Å². The zero-order valence-corrected chi connectivity index (χ0v) is 23.3. The Labute approximate surface area is 226 Å². The minimum atomic E-state index is 0.237. The van der Waals surface area contributed by atoms with Gasteiger partial charge in [-0.25, -0.2) is 0 Å². The maximum atomic E-state index is 5.39. The van der Waals surface area contributed by atoms with Crippen LogP contribution in [0.15, 0.2) is 82.8 Å². The molecule has 0 aromatic heterocycles. The van der Waals surface area contributed by atoms with Crippen LogP contribution in [0.4, 0.5) is 11.4 Å². The molecule has 0 saturated carbocycles. The van der Waals surface area contributed by atoms with Crippen LogP contribution >= 0.6 is 0 Å². The molecule has 2 heterocycles. The third-order valence-electron chi connectivity index (χ3n) is 7.51. The highest BCUT2D eigenvalue weighted by atomic mass is 16.5. The number of hydrogen-bond acceptors (Lipinski definition) is 6. The van der Waals surface area contributed by atoms with E-state index in [0.29, 0.717) is 11.8 Å². The largest absolute Gasteiger partial charge is 0.497 e. The molecule has 3 aromatic carbocycles. The van der Waals surface area contributed by atoms with Crippen molar-refractivity contribution in [3.8, 4) is 11.5 Å². The highest BCUT2D eigenvalue weighted by Gasteiger charge is 2.32. The van der Waals surface area contributed by atoms with Gasteiger partial charge < -0.3 is 19.3 Å². The van der Waals surface area contributed by atoms with Crippen molar-refractivity contribution in [2.75, 3.05) is 37.1 Å². The van der Waals surface area contributed by atoms with Crippen LogP contribution in [-0.2, 0) is 0 Å². The summed E-state index contributed by atoms with van der Waals surface area (Å²) < 4.78 is 10.8. The Morgan fingerprint density at radius 2 is 1.03 bits per heavy atom. The third-order valence-corrected chi connectivity index (χ3v) is 7.51.